The van der Waals surface area contributed by atoms with Crippen molar-refractivity contribution < 1.29 is 5.11 Å². The van der Waals surface area contributed by atoms with E-state index in [1.165, 1.54) is 5.56 Å². The molecule has 2 unspecified atom stereocenters. The highest BCUT2D eigenvalue weighted by Gasteiger charge is 2.17. The lowest BCUT2D eigenvalue weighted by atomic mass is 10.1. The zero-order valence-electron chi connectivity index (χ0n) is 12.9. The van der Waals surface area contributed by atoms with Crippen molar-refractivity contribution in [2.75, 3.05) is 33.7 Å². The van der Waals surface area contributed by atoms with E-state index in [9.17, 15) is 5.11 Å². The summed E-state index contributed by atoms with van der Waals surface area (Å²) >= 11 is 0. The Hall–Kier alpha value is -0.900. The highest BCUT2D eigenvalue weighted by Crippen LogP contribution is 2.16. The molecule has 1 N–H and O–H groups in total. The fourth-order valence-corrected chi connectivity index (χ4v) is 2.38. The molecule has 0 aliphatic carbocycles. The lowest BCUT2D eigenvalue weighted by molar-refractivity contribution is 0.0859. The predicted octanol–water partition coefficient (Wildman–Crippen LogP) is 2.30. The maximum absolute atomic E-state index is 10.3. The number of hydrogen-bond donors (Lipinski definition) is 1. The van der Waals surface area contributed by atoms with Gasteiger partial charge in [0.05, 0.1) is 6.10 Å². The zero-order valence-corrected chi connectivity index (χ0v) is 12.9. The molecule has 1 aromatic carbocycles. The van der Waals surface area contributed by atoms with Gasteiger partial charge in [-0.25, -0.2) is 0 Å². The van der Waals surface area contributed by atoms with Gasteiger partial charge in [0.15, 0.2) is 0 Å². The second-order valence-electron chi connectivity index (χ2n) is 5.63. The van der Waals surface area contributed by atoms with Gasteiger partial charge >= 0.3 is 0 Å². The van der Waals surface area contributed by atoms with Crippen LogP contribution in [0, 0.1) is 6.92 Å². The second kappa shape index (κ2) is 7.63. The van der Waals surface area contributed by atoms with E-state index in [1.807, 2.05) is 12.1 Å². The lowest BCUT2D eigenvalue weighted by Gasteiger charge is -2.31. The molecular weight excluding hydrogens is 236 g/mol. The van der Waals surface area contributed by atoms with E-state index in [0.29, 0.717) is 12.6 Å². The summed E-state index contributed by atoms with van der Waals surface area (Å²) in [6, 6.07) is 8.59. The molecule has 0 saturated carbocycles. The van der Waals surface area contributed by atoms with Crippen LogP contribution >= 0.6 is 0 Å². The van der Waals surface area contributed by atoms with Crippen LogP contribution in [0.2, 0.25) is 0 Å². The van der Waals surface area contributed by atoms with Crippen LogP contribution in [0.4, 0.5) is 0 Å². The number of hydrogen-bond acceptors (Lipinski definition) is 3. The molecule has 0 saturated heterocycles. The second-order valence-corrected chi connectivity index (χ2v) is 5.63. The Morgan fingerprint density at radius 1 is 1.11 bits per heavy atom. The van der Waals surface area contributed by atoms with Gasteiger partial charge in [-0.2, -0.15) is 0 Å². The SMILES string of the molecule is CCN(CC(O)c1ccc(C)cc1)C(C)CN(C)C. The molecule has 0 spiro atoms. The van der Waals surface area contributed by atoms with Crippen LogP contribution in [0.25, 0.3) is 0 Å². The van der Waals surface area contributed by atoms with Crippen LogP contribution in [0.5, 0.6) is 0 Å². The third kappa shape index (κ3) is 5.31. The fraction of sp³-hybridized carbons (Fsp3) is 0.625. The Balaban J connectivity index is 2.62. The summed E-state index contributed by atoms with van der Waals surface area (Å²) in [6.07, 6.45) is -0.412. The van der Waals surface area contributed by atoms with E-state index in [-0.39, 0.29) is 0 Å². The average Bonchev–Trinajstić information content (AvgIpc) is 2.35. The van der Waals surface area contributed by atoms with Gasteiger partial charge in [0, 0.05) is 19.1 Å². The van der Waals surface area contributed by atoms with Gasteiger partial charge in [-0.15, -0.1) is 0 Å². The van der Waals surface area contributed by atoms with Crippen LogP contribution < -0.4 is 0 Å². The maximum Gasteiger partial charge on any atom is 0.0917 e. The quantitative estimate of drug-likeness (QED) is 0.818. The van der Waals surface area contributed by atoms with Gasteiger partial charge in [-0.3, -0.25) is 4.90 Å². The summed E-state index contributed by atoms with van der Waals surface area (Å²) in [7, 11) is 4.17. The van der Waals surface area contributed by atoms with Crippen molar-refractivity contribution in [1.82, 2.24) is 9.80 Å². The van der Waals surface area contributed by atoms with Crippen LogP contribution in [0.3, 0.4) is 0 Å². The minimum absolute atomic E-state index is 0.412. The van der Waals surface area contributed by atoms with Crippen LogP contribution in [-0.4, -0.2) is 54.7 Å². The summed E-state index contributed by atoms with van der Waals surface area (Å²) < 4.78 is 0. The normalized spacial score (nSPS) is 14.9. The molecule has 0 aliphatic rings. The number of likely N-dealkylation sites (N-methyl/N-ethyl adjacent to an activating group) is 2. The lowest BCUT2D eigenvalue weighted by Crippen LogP contribution is -2.42. The summed E-state index contributed by atoms with van der Waals surface area (Å²) in [4.78, 5) is 4.51. The van der Waals surface area contributed by atoms with Gasteiger partial charge in [0.25, 0.3) is 0 Å². The van der Waals surface area contributed by atoms with Crippen molar-refractivity contribution in [2.24, 2.45) is 0 Å². The molecule has 0 bridgehead atoms. The molecule has 0 heterocycles. The van der Waals surface area contributed by atoms with E-state index in [1.54, 1.807) is 0 Å². The van der Waals surface area contributed by atoms with E-state index >= 15 is 0 Å². The molecule has 0 fully saturated rings. The molecular formula is C16H28N2O. The molecule has 1 rings (SSSR count). The Morgan fingerprint density at radius 3 is 2.16 bits per heavy atom. The van der Waals surface area contributed by atoms with Crippen molar-refractivity contribution in [3.05, 3.63) is 35.4 Å². The summed E-state index contributed by atoms with van der Waals surface area (Å²) in [6.45, 7) is 9.08. The molecule has 2 atom stereocenters. The Morgan fingerprint density at radius 2 is 1.68 bits per heavy atom. The van der Waals surface area contributed by atoms with Crippen molar-refractivity contribution in [3.63, 3.8) is 0 Å². The Kier molecular flexibility index (Phi) is 6.49. The van der Waals surface area contributed by atoms with Crippen molar-refractivity contribution in [3.8, 4) is 0 Å². The first-order chi connectivity index (χ1) is 8.93. The van der Waals surface area contributed by atoms with E-state index in [0.717, 1.165) is 18.7 Å². The Labute approximate surface area is 117 Å². The molecule has 0 aromatic heterocycles. The summed E-state index contributed by atoms with van der Waals surface area (Å²) in [5.74, 6) is 0. The molecule has 3 nitrogen and oxygen atoms in total. The summed E-state index contributed by atoms with van der Waals surface area (Å²) in [5, 5.41) is 10.3. The number of aliphatic hydroxyl groups is 1. The minimum atomic E-state index is -0.412. The molecule has 0 radical (unpaired) electrons. The predicted molar refractivity (Wildman–Crippen MR) is 81.4 cm³/mol. The first kappa shape index (κ1) is 16.2. The van der Waals surface area contributed by atoms with Gasteiger partial charge in [0.1, 0.15) is 0 Å². The molecule has 108 valence electrons. The smallest absolute Gasteiger partial charge is 0.0917 e. The van der Waals surface area contributed by atoms with Gasteiger partial charge < -0.3 is 10.0 Å². The minimum Gasteiger partial charge on any atom is -0.387 e. The number of aryl methyl sites for hydroxylation is 1. The summed E-state index contributed by atoms with van der Waals surface area (Å²) in [5.41, 5.74) is 2.23. The molecule has 0 amide bonds. The first-order valence-electron chi connectivity index (χ1n) is 7.07. The average molecular weight is 264 g/mol. The largest absolute Gasteiger partial charge is 0.387 e. The highest BCUT2D eigenvalue weighted by molar-refractivity contribution is 5.23. The third-order valence-electron chi connectivity index (χ3n) is 3.53. The van der Waals surface area contributed by atoms with E-state index in [2.05, 4.69) is 56.8 Å². The van der Waals surface area contributed by atoms with Crippen LogP contribution in [-0.2, 0) is 0 Å². The van der Waals surface area contributed by atoms with Gasteiger partial charge in [-0.05, 0) is 40.1 Å². The van der Waals surface area contributed by atoms with Crippen molar-refractivity contribution in [1.29, 1.82) is 0 Å². The standard InChI is InChI=1S/C16H28N2O/c1-6-18(14(3)11-17(4)5)12-16(19)15-9-7-13(2)8-10-15/h7-10,14,16,19H,6,11-12H2,1-5H3. The van der Waals surface area contributed by atoms with E-state index < -0.39 is 6.10 Å². The van der Waals surface area contributed by atoms with E-state index in [4.69, 9.17) is 0 Å². The molecule has 3 heteroatoms. The first-order valence-corrected chi connectivity index (χ1v) is 7.07. The maximum atomic E-state index is 10.3. The monoisotopic (exact) mass is 264 g/mol. The van der Waals surface area contributed by atoms with Crippen molar-refractivity contribution >= 4 is 0 Å². The number of aliphatic hydroxyl groups excluding tert-OH is 1. The number of rotatable bonds is 7. The molecule has 0 aliphatic heterocycles. The van der Waals surface area contributed by atoms with Gasteiger partial charge in [0.2, 0.25) is 0 Å². The molecule has 19 heavy (non-hydrogen) atoms. The highest BCUT2D eigenvalue weighted by atomic mass is 16.3. The van der Waals surface area contributed by atoms with Crippen LogP contribution in [0.15, 0.2) is 24.3 Å². The van der Waals surface area contributed by atoms with Crippen LogP contribution in [0.1, 0.15) is 31.1 Å². The number of benzene rings is 1. The fourth-order valence-electron chi connectivity index (χ4n) is 2.38. The molecule has 1 aromatic rings. The Bertz CT molecular complexity index is 362. The third-order valence-corrected chi connectivity index (χ3v) is 3.53. The van der Waals surface area contributed by atoms with Gasteiger partial charge in [-0.1, -0.05) is 36.8 Å². The zero-order chi connectivity index (χ0) is 14.4. The number of nitrogens with zero attached hydrogens (tertiary/aromatic N) is 2. The topological polar surface area (TPSA) is 26.7 Å². The van der Waals surface area contributed by atoms with Crippen molar-refractivity contribution in [2.45, 2.75) is 32.9 Å².